The summed E-state index contributed by atoms with van der Waals surface area (Å²) >= 11 is 0. The SMILES string of the molecule is CC(C)(C)OC(=O)CN1CCN(CC(=O)OC(C)(C)C)CCN(CC(=O)OC(C)(C)C)[C@@H](Cc2ccc(OCCCP(=O)(CCC(=O)OCc3ccccc3)OC(C)(C)C)cc2)CN(CC(=O)OC(C)(C)C)CC1. The molecule has 0 amide bonds. The summed E-state index contributed by atoms with van der Waals surface area (Å²) in [6.45, 7) is 30.2. The Labute approximate surface area is 443 Å². The minimum atomic E-state index is -3.25. The lowest BCUT2D eigenvalue weighted by molar-refractivity contribution is -0.160. The van der Waals surface area contributed by atoms with Crippen LogP contribution in [0.25, 0.3) is 0 Å². The highest BCUT2D eigenvalue weighted by Crippen LogP contribution is 2.51. The molecule has 0 radical (unpaired) electrons. The van der Waals surface area contributed by atoms with Crippen LogP contribution in [0, 0.1) is 0 Å². The summed E-state index contributed by atoms with van der Waals surface area (Å²) in [5.74, 6) is -1.45. The van der Waals surface area contributed by atoms with E-state index >= 15 is 0 Å². The molecule has 0 aromatic heterocycles. The number of ether oxygens (including phenoxy) is 6. The maximum Gasteiger partial charge on any atom is 0.320 e. The molecular weight excluding hydrogens is 968 g/mol. The number of rotatable bonds is 21. The Balaban J connectivity index is 1.92. The van der Waals surface area contributed by atoms with Gasteiger partial charge in [0.1, 0.15) is 34.8 Å². The van der Waals surface area contributed by atoms with E-state index in [-0.39, 0.29) is 70.1 Å². The van der Waals surface area contributed by atoms with E-state index in [9.17, 15) is 28.5 Å². The number of esters is 5. The fourth-order valence-corrected chi connectivity index (χ4v) is 10.6. The molecule has 18 heteroatoms. The van der Waals surface area contributed by atoms with Crippen molar-refractivity contribution in [3.63, 3.8) is 0 Å². The van der Waals surface area contributed by atoms with E-state index in [0.29, 0.717) is 64.4 Å². The molecule has 1 aliphatic heterocycles. The van der Waals surface area contributed by atoms with Crippen LogP contribution in [0.2, 0.25) is 0 Å². The van der Waals surface area contributed by atoms with Gasteiger partial charge in [-0.2, -0.15) is 0 Å². The lowest BCUT2D eigenvalue weighted by Crippen LogP contribution is -2.54. The average Bonchev–Trinajstić information content (AvgIpc) is 3.22. The van der Waals surface area contributed by atoms with Crippen LogP contribution in [0.4, 0.5) is 0 Å². The van der Waals surface area contributed by atoms with Gasteiger partial charge in [-0.1, -0.05) is 42.5 Å². The summed E-state index contributed by atoms with van der Waals surface area (Å²) in [5, 5.41) is 0. The molecule has 3 rings (SSSR count). The molecule has 2 aromatic carbocycles. The molecule has 1 unspecified atom stereocenters. The van der Waals surface area contributed by atoms with Crippen LogP contribution in [-0.2, 0) is 69.8 Å². The second-order valence-electron chi connectivity index (χ2n) is 24.2. The summed E-state index contributed by atoms with van der Waals surface area (Å²) < 4.78 is 55.0. The van der Waals surface area contributed by atoms with Gasteiger partial charge in [-0.15, -0.1) is 0 Å². The van der Waals surface area contributed by atoms with Gasteiger partial charge in [0.2, 0.25) is 7.37 Å². The van der Waals surface area contributed by atoms with Gasteiger partial charge >= 0.3 is 29.8 Å². The van der Waals surface area contributed by atoms with Crippen molar-refractivity contribution in [2.45, 2.75) is 164 Å². The zero-order valence-corrected chi connectivity index (χ0v) is 48.4. The molecule has 0 spiro atoms. The van der Waals surface area contributed by atoms with Gasteiger partial charge in [0, 0.05) is 64.2 Å². The second-order valence-corrected chi connectivity index (χ2v) is 26.9. The first-order valence-corrected chi connectivity index (χ1v) is 28.1. The van der Waals surface area contributed by atoms with Crippen LogP contribution in [0.1, 0.15) is 128 Å². The summed E-state index contributed by atoms with van der Waals surface area (Å²) in [4.78, 5) is 74.7. The average molecular weight is 1060 g/mol. The molecular formula is C56H91N4O13P. The number of hydrogen-bond donors (Lipinski definition) is 0. The van der Waals surface area contributed by atoms with Gasteiger partial charge in [-0.25, -0.2) is 0 Å². The Morgan fingerprint density at radius 2 is 0.959 bits per heavy atom. The Kier molecular flexibility index (Phi) is 24.8. The topological polar surface area (TPSA) is 180 Å². The Morgan fingerprint density at radius 3 is 1.43 bits per heavy atom. The third-order valence-corrected chi connectivity index (χ3v) is 13.7. The third kappa shape index (κ3) is 29.1. The van der Waals surface area contributed by atoms with Gasteiger partial charge in [0.15, 0.2) is 0 Å². The first kappa shape index (κ1) is 63.9. The zero-order valence-electron chi connectivity index (χ0n) is 47.5. The molecule has 74 heavy (non-hydrogen) atoms. The minimum Gasteiger partial charge on any atom is -0.494 e. The third-order valence-electron chi connectivity index (χ3n) is 10.9. The van der Waals surface area contributed by atoms with Crippen molar-refractivity contribution in [2.24, 2.45) is 0 Å². The molecule has 1 saturated heterocycles. The van der Waals surface area contributed by atoms with Gasteiger partial charge in [-0.3, -0.25) is 48.1 Å². The summed E-state index contributed by atoms with van der Waals surface area (Å²) in [5.41, 5.74) is -1.76. The number of benzene rings is 2. The van der Waals surface area contributed by atoms with E-state index in [1.807, 2.05) is 173 Å². The van der Waals surface area contributed by atoms with Crippen molar-refractivity contribution < 1.29 is 61.5 Å². The van der Waals surface area contributed by atoms with Gasteiger partial charge in [0.25, 0.3) is 0 Å². The monoisotopic (exact) mass is 1060 g/mol. The van der Waals surface area contributed by atoms with Gasteiger partial charge < -0.3 is 32.9 Å². The maximum absolute atomic E-state index is 14.1. The highest BCUT2D eigenvalue weighted by molar-refractivity contribution is 7.59. The minimum absolute atomic E-state index is 0.00351. The highest BCUT2D eigenvalue weighted by Gasteiger charge is 2.33. The second kappa shape index (κ2) is 28.7. The van der Waals surface area contributed by atoms with E-state index in [4.69, 9.17) is 32.9 Å². The smallest absolute Gasteiger partial charge is 0.320 e. The standard InChI is InChI=1S/C56H91N4O13P/c1-52(2,3)69-48(62)38-57-27-28-58(39-49(63)70-53(4,5)6)31-32-60(41-51(65)72-55(10,11)12)45(37-59(30-29-57)40-50(64)71-54(7,8)9)36-43-22-24-46(25-23-43)67-33-19-34-74(66,73-56(13,14)15)35-26-47(61)68-42-44-20-17-16-18-21-44/h16-18,20-25,45H,19,26-42H2,1-15H3/t45-,74?/m0/s1. The molecule has 2 atom stereocenters. The van der Waals surface area contributed by atoms with E-state index in [2.05, 4.69) is 4.90 Å². The lowest BCUT2D eigenvalue weighted by Gasteiger charge is -2.39. The van der Waals surface area contributed by atoms with Crippen LogP contribution in [0.15, 0.2) is 54.6 Å². The molecule has 0 saturated carbocycles. The lowest BCUT2D eigenvalue weighted by atomic mass is 10.0. The van der Waals surface area contributed by atoms with Crippen LogP contribution >= 0.6 is 7.37 Å². The normalized spacial score (nSPS) is 17.5. The number of hydrogen-bond acceptors (Lipinski definition) is 17. The summed E-state index contributed by atoms with van der Waals surface area (Å²) in [6.07, 6.45) is 1.11. The van der Waals surface area contributed by atoms with Gasteiger partial charge in [-0.05, 0) is 140 Å². The zero-order chi connectivity index (χ0) is 55.5. The van der Waals surface area contributed by atoms with Crippen molar-refractivity contribution in [1.82, 2.24) is 19.6 Å². The fraction of sp³-hybridized carbons (Fsp3) is 0.696. The highest BCUT2D eigenvalue weighted by atomic mass is 31.2. The molecule has 2 aromatic rings. The summed E-state index contributed by atoms with van der Waals surface area (Å²) in [6, 6.07) is 16.7. The first-order chi connectivity index (χ1) is 34.1. The van der Waals surface area contributed by atoms with Crippen LogP contribution in [0.3, 0.4) is 0 Å². The van der Waals surface area contributed by atoms with Crippen LogP contribution in [0.5, 0.6) is 5.75 Å². The van der Waals surface area contributed by atoms with Crippen molar-refractivity contribution >= 4 is 37.2 Å². The molecule has 17 nitrogen and oxygen atoms in total. The van der Waals surface area contributed by atoms with Gasteiger partial charge in [0.05, 0.1) is 44.8 Å². The first-order valence-electron chi connectivity index (χ1n) is 26.1. The maximum atomic E-state index is 14.1. The van der Waals surface area contributed by atoms with E-state index in [0.717, 1.165) is 11.1 Å². The van der Waals surface area contributed by atoms with E-state index < -0.39 is 59.3 Å². The largest absolute Gasteiger partial charge is 0.494 e. The molecule has 1 fully saturated rings. The van der Waals surface area contributed by atoms with Crippen molar-refractivity contribution in [3.05, 3.63) is 65.7 Å². The number of carbonyl (C=O) groups excluding carboxylic acids is 5. The van der Waals surface area contributed by atoms with Crippen molar-refractivity contribution in [2.75, 3.05) is 90.9 Å². The van der Waals surface area contributed by atoms with Crippen molar-refractivity contribution in [3.8, 4) is 5.75 Å². The van der Waals surface area contributed by atoms with E-state index in [1.165, 1.54) is 0 Å². The fourth-order valence-electron chi connectivity index (χ4n) is 8.08. The molecule has 418 valence electrons. The van der Waals surface area contributed by atoms with Crippen LogP contribution < -0.4 is 4.74 Å². The number of nitrogens with zero attached hydrogens (tertiary/aromatic N) is 4. The van der Waals surface area contributed by atoms with Crippen LogP contribution in [-0.4, -0.2) is 174 Å². The molecule has 0 N–H and O–H groups in total. The molecule has 1 aliphatic rings. The molecule has 0 aliphatic carbocycles. The molecule has 1 heterocycles. The Hall–Kier alpha value is -4.38. The van der Waals surface area contributed by atoms with Crippen molar-refractivity contribution in [1.29, 1.82) is 0 Å². The molecule has 0 bridgehead atoms. The predicted molar refractivity (Wildman–Crippen MR) is 287 cm³/mol. The number of carbonyl (C=O) groups is 5. The Bertz CT molecular complexity index is 2120. The van der Waals surface area contributed by atoms with E-state index in [1.54, 1.807) is 0 Å². The Morgan fingerprint density at radius 1 is 0.514 bits per heavy atom. The summed E-state index contributed by atoms with van der Waals surface area (Å²) in [7, 11) is -3.25. The predicted octanol–water partition coefficient (Wildman–Crippen LogP) is 8.18. The quantitative estimate of drug-likeness (QED) is 0.0505.